The number of fused-ring (bicyclic) bond motifs is 1. The number of carbonyl (C=O) groups is 2. The Kier molecular flexibility index (Phi) is 8.40. The summed E-state index contributed by atoms with van der Waals surface area (Å²) in [6.45, 7) is 2.25. The van der Waals surface area contributed by atoms with Crippen LogP contribution >= 0.6 is 0 Å². The van der Waals surface area contributed by atoms with E-state index >= 15 is 0 Å². The summed E-state index contributed by atoms with van der Waals surface area (Å²) in [5.74, 6) is -2.31. The van der Waals surface area contributed by atoms with Crippen LogP contribution in [-0.4, -0.2) is 52.7 Å². The van der Waals surface area contributed by atoms with E-state index in [0.29, 0.717) is 41.3 Å². The van der Waals surface area contributed by atoms with Crippen LogP contribution in [0.3, 0.4) is 0 Å². The maximum Gasteiger partial charge on any atom is 0.416 e. The largest absolute Gasteiger partial charge is 0.416 e. The smallest absolute Gasteiger partial charge is 0.339 e. The number of carbonyl (C=O) groups excluding carboxylic acids is 2. The van der Waals surface area contributed by atoms with E-state index in [2.05, 4.69) is 11.5 Å². The Morgan fingerprint density at radius 3 is 2.41 bits per heavy atom. The molecule has 44 heavy (non-hydrogen) atoms. The third kappa shape index (κ3) is 5.86. The van der Waals surface area contributed by atoms with Crippen molar-refractivity contribution in [2.45, 2.75) is 31.5 Å². The molecule has 1 aromatic heterocycles. The first-order valence-electron chi connectivity index (χ1n) is 13.9. The fourth-order valence-electron chi connectivity index (χ4n) is 5.42. The highest BCUT2D eigenvalue weighted by Crippen LogP contribution is 2.44. The number of para-hydroxylation sites is 1. The molecule has 4 aromatic rings. The van der Waals surface area contributed by atoms with Gasteiger partial charge in [-0.15, -0.1) is 0 Å². The molecule has 1 aliphatic heterocycles. The van der Waals surface area contributed by atoms with E-state index in [9.17, 15) is 32.4 Å². The Morgan fingerprint density at radius 1 is 1.07 bits per heavy atom. The van der Waals surface area contributed by atoms with Gasteiger partial charge in [-0.3, -0.25) is 14.5 Å². The number of hydrogen-bond donors (Lipinski definition) is 1. The highest BCUT2D eigenvalue weighted by atomic mass is 19.4. The number of rotatable bonds is 8. The molecule has 226 valence electrons. The second-order valence-corrected chi connectivity index (χ2v) is 10.3. The molecule has 12 heteroatoms. The van der Waals surface area contributed by atoms with Crippen LogP contribution in [0.15, 0.2) is 78.9 Å². The van der Waals surface area contributed by atoms with Crippen molar-refractivity contribution in [3.63, 3.8) is 0 Å². The standard InChI is InChI=1S/C32H28F4N6O2/c1-3-41-30-27(25(16-17-40(2)19-37)39-42(30)24-10-5-4-6-11-24)26(20-12-14-23(33)15-13-20)28(31(41)44)38-29(43)21-8-7-9-22(18-21)32(34,35)36/h4-15,18,26,28H,3,16-17H2,1-2H3,(H,38,43)/t26-,28-/m0/s1. The van der Waals surface area contributed by atoms with E-state index in [1.54, 1.807) is 18.7 Å². The van der Waals surface area contributed by atoms with Gasteiger partial charge in [-0.05, 0) is 55.0 Å². The van der Waals surface area contributed by atoms with E-state index in [4.69, 9.17) is 5.10 Å². The number of nitrogens with one attached hydrogen (secondary N) is 1. The number of halogens is 4. The minimum atomic E-state index is -4.67. The average Bonchev–Trinajstić information content (AvgIpc) is 3.39. The monoisotopic (exact) mass is 604 g/mol. The lowest BCUT2D eigenvalue weighted by Gasteiger charge is -2.38. The summed E-state index contributed by atoms with van der Waals surface area (Å²) < 4.78 is 56.0. The van der Waals surface area contributed by atoms with Gasteiger partial charge in [0.15, 0.2) is 6.19 Å². The van der Waals surface area contributed by atoms with E-state index in [1.807, 2.05) is 30.3 Å². The number of benzene rings is 3. The van der Waals surface area contributed by atoms with E-state index in [0.717, 1.165) is 18.2 Å². The van der Waals surface area contributed by atoms with Gasteiger partial charge in [-0.2, -0.15) is 23.5 Å². The zero-order valence-corrected chi connectivity index (χ0v) is 23.8. The van der Waals surface area contributed by atoms with Gasteiger partial charge in [0.1, 0.15) is 17.7 Å². The molecule has 0 fully saturated rings. The summed E-state index contributed by atoms with van der Waals surface area (Å²) in [5.41, 5.74) is 1.02. The van der Waals surface area contributed by atoms with Crippen LogP contribution in [0.25, 0.3) is 5.69 Å². The summed E-state index contributed by atoms with van der Waals surface area (Å²) >= 11 is 0. The lowest BCUT2D eigenvalue weighted by molar-refractivity contribution is -0.137. The maximum absolute atomic E-state index is 14.2. The highest BCUT2D eigenvalue weighted by molar-refractivity contribution is 6.05. The number of nitriles is 1. The van der Waals surface area contributed by atoms with Crippen molar-refractivity contribution < 1.29 is 27.2 Å². The van der Waals surface area contributed by atoms with Crippen molar-refractivity contribution >= 4 is 17.6 Å². The molecule has 0 bridgehead atoms. The van der Waals surface area contributed by atoms with E-state index in [-0.39, 0.29) is 12.1 Å². The number of hydrogen-bond acceptors (Lipinski definition) is 5. The number of amides is 2. The number of likely N-dealkylation sites (N-methyl/N-ethyl adjacent to an activating group) is 2. The average molecular weight is 605 g/mol. The van der Waals surface area contributed by atoms with Crippen LogP contribution in [-0.2, 0) is 17.4 Å². The molecule has 1 N–H and O–H groups in total. The normalized spacial score (nSPS) is 16.3. The van der Waals surface area contributed by atoms with Crippen LogP contribution in [0.2, 0.25) is 0 Å². The molecule has 2 atom stereocenters. The molecule has 8 nitrogen and oxygen atoms in total. The van der Waals surface area contributed by atoms with Gasteiger partial charge < -0.3 is 10.2 Å². The fraction of sp³-hybridized carbons (Fsp3) is 0.250. The van der Waals surface area contributed by atoms with Gasteiger partial charge in [0.25, 0.3) is 11.8 Å². The topological polar surface area (TPSA) is 94.3 Å². The molecule has 0 unspecified atom stereocenters. The van der Waals surface area contributed by atoms with Crippen LogP contribution in [0, 0.1) is 17.3 Å². The molecular formula is C32H28F4N6O2. The molecule has 0 saturated carbocycles. The zero-order chi connectivity index (χ0) is 31.6. The van der Waals surface area contributed by atoms with Gasteiger partial charge in [0, 0.05) is 43.6 Å². The van der Waals surface area contributed by atoms with Crippen molar-refractivity contribution in [2.75, 3.05) is 25.0 Å². The van der Waals surface area contributed by atoms with Gasteiger partial charge in [0.05, 0.1) is 16.9 Å². The summed E-state index contributed by atoms with van der Waals surface area (Å²) in [7, 11) is 1.62. The van der Waals surface area contributed by atoms with E-state index < -0.39 is 41.3 Å². The third-order valence-electron chi connectivity index (χ3n) is 7.54. The molecule has 0 aliphatic carbocycles. The molecular weight excluding hydrogens is 576 g/mol. The van der Waals surface area contributed by atoms with Crippen molar-refractivity contribution in [3.05, 3.63) is 113 Å². The zero-order valence-electron chi connectivity index (χ0n) is 23.8. The Hall–Kier alpha value is -5.18. The Bertz CT molecular complexity index is 1710. The number of anilines is 1. The minimum absolute atomic E-state index is 0.188. The summed E-state index contributed by atoms with van der Waals surface area (Å²) in [6.07, 6.45) is -2.32. The van der Waals surface area contributed by atoms with Crippen LogP contribution in [0.1, 0.15) is 45.6 Å². The Balaban J connectivity index is 1.69. The minimum Gasteiger partial charge on any atom is -0.339 e. The molecule has 1 aliphatic rings. The quantitative estimate of drug-likeness (QED) is 0.168. The van der Waals surface area contributed by atoms with Gasteiger partial charge in [-0.25, -0.2) is 9.07 Å². The van der Waals surface area contributed by atoms with Gasteiger partial charge >= 0.3 is 6.18 Å². The molecule has 0 radical (unpaired) electrons. The van der Waals surface area contributed by atoms with Crippen molar-refractivity contribution in [1.29, 1.82) is 5.26 Å². The Morgan fingerprint density at radius 2 is 1.77 bits per heavy atom. The lowest BCUT2D eigenvalue weighted by atomic mass is 9.80. The van der Waals surface area contributed by atoms with Crippen molar-refractivity contribution in [2.24, 2.45) is 0 Å². The van der Waals surface area contributed by atoms with E-state index in [1.165, 1.54) is 40.1 Å². The summed E-state index contributed by atoms with van der Waals surface area (Å²) in [6, 6.07) is 17.3. The number of aromatic nitrogens is 2. The predicted molar refractivity (Wildman–Crippen MR) is 154 cm³/mol. The first kappa shape index (κ1) is 30.3. The predicted octanol–water partition coefficient (Wildman–Crippen LogP) is 5.28. The second-order valence-electron chi connectivity index (χ2n) is 10.3. The molecule has 0 spiro atoms. The Labute approximate surface area is 251 Å². The van der Waals surface area contributed by atoms with Gasteiger partial charge in [0.2, 0.25) is 0 Å². The molecule has 2 amide bonds. The maximum atomic E-state index is 14.2. The SMILES string of the molecule is CCN1C(=O)[C@@H](NC(=O)c2cccc(C(F)(F)F)c2)[C@@H](c2ccc(F)cc2)c2c(CCN(C)C#N)nn(-c3ccccc3)c21. The molecule has 3 aromatic carbocycles. The third-order valence-corrected chi connectivity index (χ3v) is 7.54. The first-order valence-corrected chi connectivity index (χ1v) is 13.9. The van der Waals surface area contributed by atoms with Crippen molar-refractivity contribution in [3.8, 4) is 11.9 Å². The fourth-order valence-corrected chi connectivity index (χ4v) is 5.42. The molecule has 0 saturated heterocycles. The number of alkyl halides is 3. The van der Waals surface area contributed by atoms with Crippen LogP contribution < -0.4 is 10.2 Å². The molecule has 2 heterocycles. The highest BCUT2D eigenvalue weighted by Gasteiger charge is 2.46. The van der Waals surface area contributed by atoms with Crippen molar-refractivity contribution in [1.82, 2.24) is 20.0 Å². The van der Waals surface area contributed by atoms with Crippen LogP contribution in [0.5, 0.6) is 0 Å². The number of nitrogens with zero attached hydrogens (tertiary/aromatic N) is 5. The first-order chi connectivity index (χ1) is 21.0. The molecule has 5 rings (SSSR count). The van der Waals surface area contributed by atoms with Gasteiger partial charge in [-0.1, -0.05) is 36.4 Å². The summed E-state index contributed by atoms with van der Waals surface area (Å²) in [5, 5.41) is 16.9. The second kappa shape index (κ2) is 12.2. The lowest BCUT2D eigenvalue weighted by Crippen LogP contribution is -2.55. The van der Waals surface area contributed by atoms with Crippen LogP contribution in [0.4, 0.5) is 23.4 Å². The summed E-state index contributed by atoms with van der Waals surface area (Å²) in [4.78, 5) is 30.6.